The molecular weight excluding hydrogens is 330 g/mol. The summed E-state index contributed by atoms with van der Waals surface area (Å²) < 4.78 is 0. The Balaban J connectivity index is 1.88. The van der Waals surface area contributed by atoms with Crippen LogP contribution in [-0.2, 0) is 0 Å². The highest BCUT2D eigenvalue weighted by Crippen LogP contribution is 2.21. The van der Waals surface area contributed by atoms with Crippen molar-refractivity contribution < 1.29 is 10.0 Å². The number of hydrazine groups is 1. The van der Waals surface area contributed by atoms with Crippen LogP contribution in [0.2, 0.25) is 0 Å². The number of rotatable bonds is 6. The van der Waals surface area contributed by atoms with Crippen molar-refractivity contribution in [2.75, 3.05) is 5.43 Å². The van der Waals surface area contributed by atoms with Gasteiger partial charge in [-0.25, -0.2) is 0 Å². The van der Waals surface area contributed by atoms with Crippen LogP contribution < -0.4 is 16.0 Å². The predicted octanol–water partition coefficient (Wildman–Crippen LogP) is 3.40. The highest BCUT2D eigenvalue weighted by atomic mass is 16.6. The Morgan fingerprint density at radius 1 is 0.769 bits per heavy atom. The van der Waals surface area contributed by atoms with Crippen molar-refractivity contribution in [3.05, 3.63) is 106 Å². The molecule has 0 saturated carbocycles. The van der Waals surface area contributed by atoms with Gasteiger partial charge in [-0.3, -0.25) is 10.1 Å². The molecule has 3 aromatic carbocycles. The van der Waals surface area contributed by atoms with Gasteiger partial charge in [-0.15, -0.1) is 0 Å². The van der Waals surface area contributed by atoms with Crippen molar-refractivity contribution in [1.82, 2.24) is 5.43 Å². The van der Waals surface area contributed by atoms with Crippen LogP contribution in [0.1, 0.15) is 11.1 Å². The normalized spacial score (nSPS) is 11.4. The van der Waals surface area contributed by atoms with E-state index in [4.69, 9.17) is 0 Å². The van der Waals surface area contributed by atoms with Gasteiger partial charge in [0, 0.05) is 12.1 Å². The Morgan fingerprint density at radius 3 is 1.85 bits per heavy atom. The van der Waals surface area contributed by atoms with Crippen LogP contribution >= 0.6 is 0 Å². The van der Waals surface area contributed by atoms with Gasteiger partial charge in [-0.05, 0) is 23.3 Å². The Bertz CT molecular complexity index is 908. The lowest BCUT2D eigenvalue weighted by Gasteiger charge is -2.22. The molecule has 0 bridgehead atoms. The van der Waals surface area contributed by atoms with E-state index in [1.807, 2.05) is 36.4 Å². The second-order valence-electron chi connectivity index (χ2n) is 5.49. The third-order valence-electron chi connectivity index (χ3n) is 3.74. The first-order valence-electron chi connectivity index (χ1n) is 7.94. The van der Waals surface area contributed by atoms with Crippen molar-refractivity contribution >= 4 is 22.8 Å². The number of nitro benzene ring substituents is 1. The molecule has 0 saturated heterocycles. The van der Waals surface area contributed by atoms with Crippen molar-refractivity contribution in [3.8, 4) is 0 Å². The fraction of sp³-hybridized carbons (Fsp3) is 0. The van der Waals surface area contributed by atoms with Crippen molar-refractivity contribution in [1.29, 1.82) is 0 Å². The van der Waals surface area contributed by atoms with E-state index in [2.05, 4.69) is 10.9 Å². The molecular formula is C20H16N3O3-. The molecule has 0 amide bonds. The van der Waals surface area contributed by atoms with Crippen LogP contribution in [0, 0.1) is 10.1 Å². The topological polar surface area (TPSA) is 90.3 Å². The molecule has 0 fully saturated rings. The van der Waals surface area contributed by atoms with E-state index in [-0.39, 0.29) is 11.4 Å². The van der Waals surface area contributed by atoms with Gasteiger partial charge in [0.2, 0.25) is 0 Å². The van der Waals surface area contributed by atoms with E-state index in [9.17, 15) is 15.2 Å². The van der Waals surface area contributed by atoms with Crippen molar-refractivity contribution in [2.45, 2.75) is 0 Å². The molecule has 0 aliphatic rings. The molecule has 26 heavy (non-hydrogen) atoms. The molecule has 0 atom stereocenters. The number of anilines is 1. The molecule has 0 aliphatic heterocycles. The number of hydrogen-bond donors (Lipinski definition) is 2. The zero-order chi connectivity index (χ0) is 18.4. The zero-order valence-corrected chi connectivity index (χ0v) is 13.8. The second kappa shape index (κ2) is 7.85. The molecule has 0 heterocycles. The van der Waals surface area contributed by atoms with Gasteiger partial charge >= 0.3 is 0 Å². The van der Waals surface area contributed by atoms with Gasteiger partial charge in [0.1, 0.15) is 0 Å². The monoisotopic (exact) mass is 346 g/mol. The van der Waals surface area contributed by atoms with Crippen LogP contribution in [0.5, 0.6) is 0 Å². The molecule has 3 aromatic rings. The Morgan fingerprint density at radius 2 is 1.31 bits per heavy atom. The highest BCUT2D eigenvalue weighted by Gasteiger charge is 2.06. The van der Waals surface area contributed by atoms with Crippen LogP contribution in [-0.4, -0.2) is 4.92 Å². The maximum Gasteiger partial charge on any atom is 0.269 e. The summed E-state index contributed by atoms with van der Waals surface area (Å²) in [6.45, 7) is 0. The molecule has 2 N–H and O–H groups in total. The SMILES string of the molecule is O=[N+]([O-])c1ccc(NNC(=C([O-])c2ccccc2)c2ccccc2)cc1. The van der Waals surface area contributed by atoms with Gasteiger partial charge < -0.3 is 16.0 Å². The number of nitrogens with one attached hydrogen (secondary N) is 2. The van der Waals surface area contributed by atoms with Gasteiger partial charge in [0.25, 0.3) is 5.69 Å². The minimum absolute atomic E-state index is 0.00294. The van der Waals surface area contributed by atoms with Crippen LogP contribution in [0.3, 0.4) is 0 Å². The summed E-state index contributed by atoms with van der Waals surface area (Å²) in [7, 11) is 0. The number of benzene rings is 3. The average molecular weight is 346 g/mol. The second-order valence-corrected chi connectivity index (χ2v) is 5.49. The minimum atomic E-state index is -0.461. The quantitative estimate of drug-likeness (QED) is 0.309. The summed E-state index contributed by atoms with van der Waals surface area (Å²) in [4.78, 5) is 10.3. The summed E-state index contributed by atoms with van der Waals surface area (Å²) in [5.41, 5.74) is 8.16. The van der Waals surface area contributed by atoms with E-state index in [1.165, 1.54) is 12.1 Å². The molecule has 6 nitrogen and oxygen atoms in total. The Kier molecular flexibility index (Phi) is 5.14. The van der Waals surface area contributed by atoms with Gasteiger partial charge in [0.05, 0.1) is 16.3 Å². The Hall–Kier alpha value is -3.80. The molecule has 0 aromatic heterocycles. The highest BCUT2D eigenvalue weighted by molar-refractivity contribution is 5.85. The molecule has 0 radical (unpaired) electrons. The van der Waals surface area contributed by atoms with Crippen LogP contribution in [0.4, 0.5) is 11.4 Å². The molecule has 0 unspecified atom stereocenters. The minimum Gasteiger partial charge on any atom is -0.871 e. The lowest BCUT2D eigenvalue weighted by Crippen LogP contribution is -2.24. The molecule has 0 aliphatic carbocycles. The molecule has 130 valence electrons. The van der Waals surface area contributed by atoms with E-state index in [0.717, 1.165) is 5.56 Å². The first-order chi connectivity index (χ1) is 12.6. The number of hydrogen-bond acceptors (Lipinski definition) is 5. The summed E-state index contributed by atoms with van der Waals surface area (Å²) in [6.07, 6.45) is 0. The summed E-state index contributed by atoms with van der Waals surface area (Å²) in [5, 5.41) is 23.6. The lowest BCUT2D eigenvalue weighted by atomic mass is 10.1. The molecule has 6 heteroatoms. The van der Waals surface area contributed by atoms with Gasteiger partial charge in [-0.2, -0.15) is 0 Å². The summed E-state index contributed by atoms with van der Waals surface area (Å²) in [6, 6.07) is 24.1. The molecule has 0 spiro atoms. The molecule has 3 rings (SSSR count). The van der Waals surface area contributed by atoms with E-state index in [1.54, 1.807) is 36.4 Å². The van der Waals surface area contributed by atoms with Gasteiger partial charge in [0.15, 0.2) is 0 Å². The maximum absolute atomic E-state index is 12.9. The largest absolute Gasteiger partial charge is 0.871 e. The average Bonchev–Trinajstić information content (AvgIpc) is 2.70. The predicted molar refractivity (Wildman–Crippen MR) is 99.6 cm³/mol. The van der Waals surface area contributed by atoms with Gasteiger partial charge in [-0.1, -0.05) is 66.4 Å². The third-order valence-corrected chi connectivity index (χ3v) is 3.74. The number of non-ortho nitro benzene ring substituents is 1. The number of nitrogens with zero attached hydrogens (tertiary/aromatic N) is 1. The van der Waals surface area contributed by atoms with Crippen LogP contribution in [0.15, 0.2) is 84.9 Å². The first-order valence-corrected chi connectivity index (χ1v) is 7.94. The summed E-state index contributed by atoms with van der Waals surface area (Å²) in [5.74, 6) is -0.161. The standard InChI is InChI=1S/C20H17N3O3/c24-20(16-9-5-2-6-10-16)19(15-7-3-1-4-8-15)22-21-17-11-13-18(14-12-17)23(25)26/h1-14,21-22,24H/p-1. The Labute approximate surface area is 150 Å². The van der Waals surface area contributed by atoms with E-state index in [0.29, 0.717) is 16.9 Å². The fourth-order valence-electron chi connectivity index (χ4n) is 2.40. The van der Waals surface area contributed by atoms with E-state index < -0.39 is 4.92 Å². The summed E-state index contributed by atoms with van der Waals surface area (Å²) >= 11 is 0. The first kappa shape index (κ1) is 17.0. The van der Waals surface area contributed by atoms with Crippen LogP contribution in [0.25, 0.3) is 11.5 Å². The maximum atomic E-state index is 12.9. The van der Waals surface area contributed by atoms with Crippen molar-refractivity contribution in [3.63, 3.8) is 0 Å². The fourth-order valence-corrected chi connectivity index (χ4v) is 2.40. The third kappa shape index (κ3) is 3.99. The number of nitro groups is 1. The lowest BCUT2D eigenvalue weighted by molar-refractivity contribution is -0.384. The zero-order valence-electron chi connectivity index (χ0n) is 13.8. The smallest absolute Gasteiger partial charge is 0.269 e. The van der Waals surface area contributed by atoms with E-state index >= 15 is 0 Å². The van der Waals surface area contributed by atoms with Crippen molar-refractivity contribution in [2.24, 2.45) is 0 Å².